The number of aliphatic hydroxyl groups excluding tert-OH is 1. The molecule has 1 aromatic carbocycles. The van der Waals surface area contributed by atoms with Crippen LogP contribution >= 0.6 is 0 Å². The van der Waals surface area contributed by atoms with E-state index in [1.807, 2.05) is 0 Å². The molecular weight excluding hydrogens is 306 g/mol. The number of rotatable bonds is 8. The van der Waals surface area contributed by atoms with E-state index in [-0.39, 0.29) is 36.4 Å². The Kier molecular flexibility index (Phi) is 7.37. The third-order valence-electron chi connectivity index (χ3n) is 4.91. The van der Waals surface area contributed by atoms with Gasteiger partial charge >= 0.3 is 0 Å². The molecule has 5 heteroatoms. The van der Waals surface area contributed by atoms with Crippen LogP contribution in [0.15, 0.2) is 18.2 Å². The summed E-state index contributed by atoms with van der Waals surface area (Å²) in [5.74, 6) is 0.434. The Hall–Kier alpha value is -1.75. The molecule has 0 aromatic heterocycles. The van der Waals surface area contributed by atoms with Gasteiger partial charge in [-0.25, -0.2) is 0 Å². The van der Waals surface area contributed by atoms with Gasteiger partial charge in [-0.3, -0.25) is 4.79 Å². The Balaban J connectivity index is 1.73. The molecule has 2 rings (SSSR count). The van der Waals surface area contributed by atoms with Gasteiger partial charge in [0.05, 0.1) is 0 Å². The lowest BCUT2D eigenvalue weighted by atomic mass is 9.87. The van der Waals surface area contributed by atoms with Crippen molar-refractivity contribution in [3.05, 3.63) is 23.8 Å². The summed E-state index contributed by atoms with van der Waals surface area (Å²) < 4.78 is 0. The third kappa shape index (κ3) is 6.04. The highest BCUT2D eigenvalue weighted by molar-refractivity contribution is 5.76. The maximum absolute atomic E-state index is 12.1. The number of phenolic OH excluding ortho intramolecular Hbond substituents is 2. The molecule has 1 amide bonds. The fourth-order valence-corrected chi connectivity index (χ4v) is 3.46. The van der Waals surface area contributed by atoms with Crippen molar-refractivity contribution in [2.45, 2.75) is 51.4 Å². The fraction of sp³-hybridized carbons (Fsp3) is 0.632. The van der Waals surface area contributed by atoms with Gasteiger partial charge in [-0.1, -0.05) is 38.2 Å². The van der Waals surface area contributed by atoms with E-state index in [1.54, 1.807) is 6.07 Å². The molecule has 1 unspecified atom stereocenters. The first kappa shape index (κ1) is 18.6. The van der Waals surface area contributed by atoms with E-state index in [4.69, 9.17) is 0 Å². The van der Waals surface area contributed by atoms with Crippen molar-refractivity contribution in [3.8, 4) is 11.5 Å². The summed E-state index contributed by atoms with van der Waals surface area (Å²) in [7, 11) is 0. The summed E-state index contributed by atoms with van der Waals surface area (Å²) in [4.78, 5) is 12.1. The Morgan fingerprint density at radius 2 is 1.96 bits per heavy atom. The lowest BCUT2D eigenvalue weighted by Crippen LogP contribution is -2.29. The van der Waals surface area contributed by atoms with Crippen LogP contribution in [-0.2, 0) is 11.2 Å². The van der Waals surface area contributed by atoms with Crippen molar-refractivity contribution in [3.63, 3.8) is 0 Å². The van der Waals surface area contributed by atoms with Crippen molar-refractivity contribution in [1.82, 2.24) is 5.32 Å². The smallest absolute Gasteiger partial charge is 0.220 e. The number of benzene rings is 1. The van der Waals surface area contributed by atoms with Gasteiger partial charge in [0, 0.05) is 25.6 Å². The average Bonchev–Trinajstić information content (AvgIpc) is 2.57. The van der Waals surface area contributed by atoms with Crippen LogP contribution in [0, 0.1) is 11.8 Å². The number of hydrogen-bond acceptors (Lipinski definition) is 4. The minimum absolute atomic E-state index is 0.00254. The summed E-state index contributed by atoms with van der Waals surface area (Å²) in [6.45, 7) is 0.586. The summed E-state index contributed by atoms with van der Waals surface area (Å²) in [5.41, 5.74) is 0.627. The Morgan fingerprint density at radius 3 is 2.62 bits per heavy atom. The van der Waals surface area contributed by atoms with E-state index in [0.717, 1.165) is 12.3 Å². The zero-order chi connectivity index (χ0) is 17.4. The van der Waals surface area contributed by atoms with Gasteiger partial charge in [0.15, 0.2) is 0 Å². The predicted molar refractivity (Wildman–Crippen MR) is 92.9 cm³/mol. The lowest BCUT2D eigenvalue weighted by molar-refractivity contribution is -0.122. The average molecular weight is 335 g/mol. The van der Waals surface area contributed by atoms with Crippen LogP contribution < -0.4 is 5.32 Å². The molecule has 1 fully saturated rings. The minimum atomic E-state index is -0.241. The number of hydrogen-bond donors (Lipinski definition) is 4. The van der Waals surface area contributed by atoms with Gasteiger partial charge in [0.2, 0.25) is 5.91 Å². The highest BCUT2D eigenvalue weighted by atomic mass is 16.3. The molecular formula is C19H29NO4. The molecule has 1 aromatic rings. The van der Waals surface area contributed by atoms with E-state index in [9.17, 15) is 20.1 Å². The quantitative estimate of drug-likeness (QED) is 0.588. The molecule has 1 aliphatic carbocycles. The molecule has 4 N–H and O–H groups in total. The second-order valence-electron chi connectivity index (χ2n) is 6.91. The van der Waals surface area contributed by atoms with Crippen LogP contribution in [0.1, 0.15) is 50.5 Å². The number of carbonyl (C=O) groups is 1. The van der Waals surface area contributed by atoms with Gasteiger partial charge in [0.1, 0.15) is 11.5 Å². The minimum Gasteiger partial charge on any atom is -0.508 e. The molecule has 1 aliphatic rings. The molecule has 0 radical (unpaired) electrons. The molecule has 0 spiro atoms. The zero-order valence-corrected chi connectivity index (χ0v) is 14.2. The van der Waals surface area contributed by atoms with Crippen molar-refractivity contribution in [2.75, 3.05) is 13.2 Å². The first-order valence-corrected chi connectivity index (χ1v) is 8.97. The van der Waals surface area contributed by atoms with Crippen LogP contribution in [0.4, 0.5) is 0 Å². The number of amides is 1. The number of carbonyl (C=O) groups excluding carboxylic acids is 1. The van der Waals surface area contributed by atoms with Crippen LogP contribution in [0.25, 0.3) is 0 Å². The van der Waals surface area contributed by atoms with Gasteiger partial charge in [-0.15, -0.1) is 0 Å². The molecule has 0 bridgehead atoms. The molecule has 0 heterocycles. The fourth-order valence-electron chi connectivity index (χ4n) is 3.46. The Labute approximate surface area is 143 Å². The van der Waals surface area contributed by atoms with Crippen LogP contribution in [0.3, 0.4) is 0 Å². The summed E-state index contributed by atoms with van der Waals surface area (Å²) in [5, 5.41) is 31.6. The number of aromatic hydroxyl groups is 2. The normalized spacial score (nSPS) is 16.7. The van der Waals surface area contributed by atoms with E-state index < -0.39 is 0 Å². The maximum Gasteiger partial charge on any atom is 0.220 e. The zero-order valence-electron chi connectivity index (χ0n) is 14.2. The van der Waals surface area contributed by atoms with E-state index in [2.05, 4.69) is 5.32 Å². The SMILES string of the molecule is O=C(CC(CO)Cc1ccc(O)cc1O)NCCC1CCCCC1. The van der Waals surface area contributed by atoms with Gasteiger partial charge < -0.3 is 20.6 Å². The monoisotopic (exact) mass is 335 g/mol. The van der Waals surface area contributed by atoms with Crippen molar-refractivity contribution in [2.24, 2.45) is 11.8 Å². The van der Waals surface area contributed by atoms with Gasteiger partial charge in [-0.2, -0.15) is 0 Å². The van der Waals surface area contributed by atoms with Crippen LogP contribution in [0.5, 0.6) is 11.5 Å². The summed E-state index contributed by atoms with van der Waals surface area (Å²) in [6.07, 6.45) is 8.17. The molecule has 0 aliphatic heterocycles. The molecule has 24 heavy (non-hydrogen) atoms. The second-order valence-corrected chi connectivity index (χ2v) is 6.91. The largest absolute Gasteiger partial charge is 0.508 e. The van der Waals surface area contributed by atoms with Crippen LogP contribution in [0.2, 0.25) is 0 Å². The summed E-state index contributed by atoms with van der Waals surface area (Å²) >= 11 is 0. The van der Waals surface area contributed by atoms with Crippen molar-refractivity contribution < 1.29 is 20.1 Å². The van der Waals surface area contributed by atoms with Crippen molar-refractivity contribution in [1.29, 1.82) is 0 Å². The molecule has 134 valence electrons. The number of nitrogens with one attached hydrogen (secondary N) is 1. The number of phenols is 2. The van der Waals surface area contributed by atoms with Crippen molar-refractivity contribution >= 4 is 5.91 Å². The van der Waals surface area contributed by atoms with E-state index >= 15 is 0 Å². The standard InChI is InChI=1S/C19H29NO4/c21-13-15(10-16-6-7-17(22)12-18(16)23)11-19(24)20-9-8-14-4-2-1-3-5-14/h6-7,12,14-15,21-23H,1-5,8-11,13H2,(H,20,24). The topological polar surface area (TPSA) is 89.8 Å². The number of aliphatic hydroxyl groups is 1. The highest BCUT2D eigenvalue weighted by Crippen LogP contribution is 2.27. The Morgan fingerprint density at radius 1 is 1.21 bits per heavy atom. The molecule has 1 atom stereocenters. The van der Waals surface area contributed by atoms with E-state index in [0.29, 0.717) is 18.5 Å². The summed E-state index contributed by atoms with van der Waals surface area (Å²) in [6, 6.07) is 4.38. The molecule has 5 nitrogen and oxygen atoms in total. The lowest BCUT2D eigenvalue weighted by Gasteiger charge is -2.21. The van der Waals surface area contributed by atoms with Gasteiger partial charge in [0.25, 0.3) is 0 Å². The molecule has 1 saturated carbocycles. The van der Waals surface area contributed by atoms with E-state index in [1.165, 1.54) is 44.2 Å². The first-order valence-electron chi connectivity index (χ1n) is 8.97. The Bertz CT molecular complexity index is 526. The first-order chi connectivity index (χ1) is 11.6. The maximum atomic E-state index is 12.1. The third-order valence-corrected chi connectivity index (χ3v) is 4.91. The second kappa shape index (κ2) is 9.52. The van der Waals surface area contributed by atoms with Crippen LogP contribution in [-0.4, -0.2) is 34.4 Å². The predicted octanol–water partition coefficient (Wildman–Crippen LogP) is 2.73. The van der Waals surface area contributed by atoms with Gasteiger partial charge in [-0.05, 0) is 36.3 Å². The molecule has 0 saturated heterocycles. The highest BCUT2D eigenvalue weighted by Gasteiger charge is 2.17.